The molecule has 1 fully saturated rings. The minimum Gasteiger partial charge on any atom is -0.355 e. The fourth-order valence-electron chi connectivity index (χ4n) is 1.61. The Hall–Kier alpha value is -0.670. The Balaban J connectivity index is 2.18. The fourth-order valence-corrected chi connectivity index (χ4v) is 2.92. The molecule has 0 aromatic heterocycles. The van der Waals surface area contributed by atoms with E-state index in [0.717, 1.165) is 22.9 Å². The standard InChI is InChI=1S/C11H12ClNOS/c12-9-3-1-2-8(6-9)10-7-11(14)13-4-5-15-10/h1-3,6,10H,4-5,7H2,(H,13,14). The minimum atomic E-state index is 0.130. The number of hydrogen-bond donors (Lipinski definition) is 1. The first-order valence-corrected chi connectivity index (χ1v) is 6.32. The molecule has 1 N–H and O–H groups in total. The van der Waals surface area contributed by atoms with Crippen LogP contribution in [0.4, 0.5) is 0 Å². The van der Waals surface area contributed by atoms with Gasteiger partial charge in [0, 0.05) is 29.0 Å². The molecule has 15 heavy (non-hydrogen) atoms. The maximum atomic E-state index is 11.4. The third-order valence-electron chi connectivity index (χ3n) is 2.33. The molecule has 1 aromatic carbocycles. The number of halogens is 1. The summed E-state index contributed by atoms with van der Waals surface area (Å²) in [5.41, 5.74) is 1.14. The summed E-state index contributed by atoms with van der Waals surface area (Å²) in [4.78, 5) is 11.4. The lowest BCUT2D eigenvalue weighted by Crippen LogP contribution is -2.23. The summed E-state index contributed by atoms with van der Waals surface area (Å²) in [6.45, 7) is 0.764. The second-order valence-electron chi connectivity index (χ2n) is 3.47. The predicted octanol–water partition coefficient (Wildman–Crippen LogP) is 2.63. The summed E-state index contributed by atoms with van der Waals surface area (Å²) in [5.74, 6) is 1.09. The van der Waals surface area contributed by atoms with Gasteiger partial charge in [-0.2, -0.15) is 11.8 Å². The molecular formula is C11H12ClNOS. The molecule has 1 unspecified atom stereocenters. The van der Waals surface area contributed by atoms with E-state index in [1.807, 2.05) is 36.0 Å². The van der Waals surface area contributed by atoms with Crippen LogP contribution in [0.3, 0.4) is 0 Å². The first kappa shape index (κ1) is 10.8. The quantitative estimate of drug-likeness (QED) is 0.819. The van der Waals surface area contributed by atoms with Gasteiger partial charge in [-0.25, -0.2) is 0 Å². The van der Waals surface area contributed by atoms with Gasteiger partial charge in [0.2, 0.25) is 5.91 Å². The monoisotopic (exact) mass is 241 g/mol. The summed E-state index contributed by atoms with van der Waals surface area (Å²) in [6, 6.07) is 7.76. The highest BCUT2D eigenvalue weighted by Gasteiger charge is 2.19. The maximum absolute atomic E-state index is 11.4. The molecule has 4 heteroatoms. The molecule has 2 nitrogen and oxygen atoms in total. The van der Waals surface area contributed by atoms with Crippen LogP contribution in [0.1, 0.15) is 17.2 Å². The highest BCUT2D eigenvalue weighted by atomic mass is 35.5. The van der Waals surface area contributed by atoms with Crippen LogP contribution in [-0.2, 0) is 4.79 Å². The van der Waals surface area contributed by atoms with E-state index >= 15 is 0 Å². The van der Waals surface area contributed by atoms with Gasteiger partial charge < -0.3 is 5.32 Å². The van der Waals surface area contributed by atoms with E-state index in [0.29, 0.717) is 6.42 Å². The van der Waals surface area contributed by atoms with Gasteiger partial charge in [0.05, 0.1) is 0 Å². The van der Waals surface area contributed by atoms with E-state index in [9.17, 15) is 4.79 Å². The zero-order chi connectivity index (χ0) is 10.7. The van der Waals surface area contributed by atoms with Crippen LogP contribution in [0.5, 0.6) is 0 Å². The van der Waals surface area contributed by atoms with Crippen molar-refractivity contribution in [3.8, 4) is 0 Å². The number of carbonyl (C=O) groups excluding carboxylic acids is 1. The molecule has 0 radical (unpaired) electrons. The van der Waals surface area contributed by atoms with Crippen molar-refractivity contribution >= 4 is 29.3 Å². The van der Waals surface area contributed by atoms with E-state index in [4.69, 9.17) is 11.6 Å². The lowest BCUT2D eigenvalue weighted by atomic mass is 10.1. The third kappa shape index (κ3) is 2.89. The molecule has 1 amide bonds. The van der Waals surface area contributed by atoms with Crippen molar-refractivity contribution in [1.82, 2.24) is 5.32 Å². The highest BCUT2D eigenvalue weighted by Crippen LogP contribution is 2.34. The second kappa shape index (κ2) is 4.90. The van der Waals surface area contributed by atoms with Crippen LogP contribution in [-0.4, -0.2) is 18.2 Å². The third-order valence-corrected chi connectivity index (χ3v) is 3.85. The molecule has 1 aliphatic heterocycles. The summed E-state index contributed by atoms with van der Waals surface area (Å²) in [7, 11) is 0. The van der Waals surface area contributed by atoms with Crippen molar-refractivity contribution in [3.63, 3.8) is 0 Å². The minimum absolute atomic E-state index is 0.130. The summed E-state index contributed by atoms with van der Waals surface area (Å²) in [5, 5.41) is 3.84. The van der Waals surface area contributed by atoms with E-state index in [2.05, 4.69) is 5.32 Å². The SMILES string of the molecule is O=C1CC(c2cccc(Cl)c2)SCCN1. The van der Waals surface area contributed by atoms with Crippen LogP contribution in [0.2, 0.25) is 5.02 Å². The van der Waals surface area contributed by atoms with Crippen LogP contribution in [0.25, 0.3) is 0 Å². The first-order valence-electron chi connectivity index (χ1n) is 4.89. The fraction of sp³-hybridized carbons (Fsp3) is 0.364. The van der Waals surface area contributed by atoms with Gasteiger partial charge in [-0.15, -0.1) is 0 Å². The largest absolute Gasteiger partial charge is 0.355 e. The predicted molar refractivity (Wildman–Crippen MR) is 64.3 cm³/mol. The maximum Gasteiger partial charge on any atom is 0.221 e. The lowest BCUT2D eigenvalue weighted by molar-refractivity contribution is -0.120. The summed E-state index contributed by atoms with van der Waals surface area (Å²) >= 11 is 7.74. The summed E-state index contributed by atoms with van der Waals surface area (Å²) in [6.07, 6.45) is 0.547. The molecule has 0 bridgehead atoms. The zero-order valence-electron chi connectivity index (χ0n) is 8.20. The van der Waals surface area contributed by atoms with Crippen LogP contribution in [0.15, 0.2) is 24.3 Å². The van der Waals surface area contributed by atoms with E-state index in [-0.39, 0.29) is 11.2 Å². The smallest absolute Gasteiger partial charge is 0.221 e. The molecule has 1 heterocycles. The molecule has 1 saturated heterocycles. The number of amides is 1. The number of thioether (sulfide) groups is 1. The Morgan fingerprint density at radius 3 is 3.13 bits per heavy atom. The Labute approximate surface area is 98.4 Å². The molecule has 0 aliphatic carbocycles. The number of carbonyl (C=O) groups is 1. The van der Waals surface area contributed by atoms with Crippen LogP contribution < -0.4 is 5.32 Å². The summed E-state index contributed by atoms with van der Waals surface area (Å²) < 4.78 is 0. The topological polar surface area (TPSA) is 29.1 Å². The Morgan fingerprint density at radius 2 is 2.33 bits per heavy atom. The molecule has 0 saturated carbocycles. The molecule has 80 valence electrons. The Morgan fingerprint density at radius 1 is 1.47 bits per heavy atom. The van der Waals surface area contributed by atoms with Crippen molar-refractivity contribution in [3.05, 3.63) is 34.9 Å². The second-order valence-corrected chi connectivity index (χ2v) is 5.22. The van der Waals surface area contributed by atoms with Crippen molar-refractivity contribution in [1.29, 1.82) is 0 Å². The van der Waals surface area contributed by atoms with Gasteiger partial charge >= 0.3 is 0 Å². The van der Waals surface area contributed by atoms with Crippen molar-refractivity contribution in [2.45, 2.75) is 11.7 Å². The number of benzene rings is 1. The Kier molecular flexibility index (Phi) is 3.54. The average molecular weight is 242 g/mol. The number of nitrogens with one attached hydrogen (secondary N) is 1. The van der Waals surface area contributed by atoms with Crippen molar-refractivity contribution in [2.75, 3.05) is 12.3 Å². The van der Waals surface area contributed by atoms with Gasteiger partial charge in [0.1, 0.15) is 0 Å². The number of hydrogen-bond acceptors (Lipinski definition) is 2. The molecule has 1 aromatic rings. The van der Waals surface area contributed by atoms with Crippen LogP contribution in [0, 0.1) is 0 Å². The average Bonchev–Trinajstić information content (AvgIpc) is 2.43. The van der Waals surface area contributed by atoms with Crippen LogP contribution >= 0.6 is 23.4 Å². The Bertz CT molecular complexity index is 369. The van der Waals surface area contributed by atoms with Gasteiger partial charge in [0.15, 0.2) is 0 Å². The van der Waals surface area contributed by atoms with Crippen molar-refractivity contribution < 1.29 is 4.79 Å². The molecule has 0 spiro atoms. The van der Waals surface area contributed by atoms with Gasteiger partial charge in [-0.3, -0.25) is 4.79 Å². The molecule has 1 aliphatic rings. The zero-order valence-corrected chi connectivity index (χ0v) is 9.77. The van der Waals surface area contributed by atoms with Crippen molar-refractivity contribution in [2.24, 2.45) is 0 Å². The van der Waals surface area contributed by atoms with E-state index in [1.165, 1.54) is 0 Å². The van der Waals surface area contributed by atoms with Gasteiger partial charge in [-0.05, 0) is 17.7 Å². The van der Waals surface area contributed by atoms with E-state index in [1.54, 1.807) is 0 Å². The highest BCUT2D eigenvalue weighted by molar-refractivity contribution is 7.99. The van der Waals surface area contributed by atoms with Gasteiger partial charge in [-0.1, -0.05) is 23.7 Å². The molecular weight excluding hydrogens is 230 g/mol. The normalized spacial score (nSPS) is 21.9. The first-order chi connectivity index (χ1) is 7.25. The van der Waals surface area contributed by atoms with E-state index < -0.39 is 0 Å². The molecule has 2 rings (SSSR count). The number of rotatable bonds is 1. The lowest BCUT2D eigenvalue weighted by Gasteiger charge is -2.12. The molecule has 1 atom stereocenters. The van der Waals surface area contributed by atoms with Gasteiger partial charge in [0.25, 0.3) is 0 Å².